The number of benzene rings is 2. The second kappa shape index (κ2) is 9.38. The molecular formula is C25H31N3O. The number of amides is 1. The summed E-state index contributed by atoms with van der Waals surface area (Å²) in [6.07, 6.45) is 6.02. The topological polar surface area (TPSA) is 26.8 Å². The highest BCUT2D eigenvalue weighted by Crippen LogP contribution is 2.32. The number of hydrogen-bond donors (Lipinski definition) is 0. The van der Waals surface area contributed by atoms with Crippen LogP contribution in [0.4, 0.5) is 5.69 Å². The van der Waals surface area contributed by atoms with E-state index in [9.17, 15) is 4.79 Å². The van der Waals surface area contributed by atoms with Crippen LogP contribution in [-0.2, 0) is 11.2 Å². The van der Waals surface area contributed by atoms with E-state index in [0.717, 1.165) is 51.4 Å². The molecule has 1 amide bonds. The summed E-state index contributed by atoms with van der Waals surface area (Å²) in [5.41, 5.74) is 3.66. The number of nitrogens with zero attached hydrogens (tertiary/aromatic N) is 3. The van der Waals surface area contributed by atoms with Gasteiger partial charge in [-0.3, -0.25) is 9.69 Å². The molecule has 4 nitrogen and oxygen atoms in total. The standard InChI is InChI=1S/C25H31N3O/c1-21-20-23-11-5-6-12-24(23)28(21)25(29)13-15-27-18-16-26(17-19-27)14-7-10-22-8-3-2-4-9-22/h2-12,21H,13-20H2,1H3/b10-7+. The Hall–Kier alpha value is -2.43. The third kappa shape index (κ3) is 4.95. The van der Waals surface area contributed by atoms with E-state index in [1.165, 1.54) is 11.1 Å². The van der Waals surface area contributed by atoms with Crippen LogP contribution in [0.1, 0.15) is 24.5 Å². The van der Waals surface area contributed by atoms with Crippen LogP contribution in [0.3, 0.4) is 0 Å². The van der Waals surface area contributed by atoms with Crippen molar-refractivity contribution in [2.24, 2.45) is 0 Å². The molecule has 1 saturated heterocycles. The molecule has 2 aromatic rings. The lowest BCUT2D eigenvalue weighted by molar-refractivity contribution is -0.119. The fourth-order valence-corrected chi connectivity index (χ4v) is 4.42. The molecule has 0 spiro atoms. The number of para-hydroxylation sites is 1. The van der Waals surface area contributed by atoms with Gasteiger partial charge in [-0.25, -0.2) is 0 Å². The molecule has 2 aliphatic rings. The smallest absolute Gasteiger partial charge is 0.228 e. The van der Waals surface area contributed by atoms with Crippen LogP contribution >= 0.6 is 0 Å². The van der Waals surface area contributed by atoms with Gasteiger partial charge in [0.15, 0.2) is 0 Å². The van der Waals surface area contributed by atoms with Gasteiger partial charge in [0.2, 0.25) is 5.91 Å². The van der Waals surface area contributed by atoms with Crippen LogP contribution in [0.2, 0.25) is 0 Å². The van der Waals surface area contributed by atoms with Gasteiger partial charge >= 0.3 is 0 Å². The summed E-state index contributed by atoms with van der Waals surface area (Å²) in [5, 5.41) is 0. The number of hydrogen-bond acceptors (Lipinski definition) is 3. The van der Waals surface area contributed by atoms with E-state index >= 15 is 0 Å². The molecule has 1 unspecified atom stereocenters. The molecule has 0 radical (unpaired) electrons. The highest BCUT2D eigenvalue weighted by atomic mass is 16.2. The number of carbonyl (C=O) groups excluding carboxylic acids is 1. The van der Waals surface area contributed by atoms with Gasteiger partial charge in [-0.2, -0.15) is 0 Å². The first-order valence-corrected chi connectivity index (χ1v) is 10.8. The first-order chi connectivity index (χ1) is 14.2. The summed E-state index contributed by atoms with van der Waals surface area (Å²) in [5.74, 6) is 0.260. The minimum Gasteiger partial charge on any atom is -0.309 e. The van der Waals surface area contributed by atoms with Crippen molar-refractivity contribution < 1.29 is 4.79 Å². The maximum Gasteiger partial charge on any atom is 0.228 e. The molecule has 2 heterocycles. The van der Waals surface area contributed by atoms with E-state index in [1.54, 1.807) is 0 Å². The summed E-state index contributed by atoms with van der Waals surface area (Å²) >= 11 is 0. The van der Waals surface area contributed by atoms with Crippen molar-refractivity contribution in [2.75, 3.05) is 44.2 Å². The highest BCUT2D eigenvalue weighted by Gasteiger charge is 2.30. The van der Waals surface area contributed by atoms with Gasteiger partial charge in [-0.1, -0.05) is 60.7 Å². The Bertz CT molecular complexity index is 840. The Kier molecular flexibility index (Phi) is 6.43. The first-order valence-electron chi connectivity index (χ1n) is 10.8. The molecule has 0 aliphatic carbocycles. The third-order valence-electron chi connectivity index (χ3n) is 6.06. The molecule has 1 fully saturated rings. The highest BCUT2D eigenvalue weighted by molar-refractivity contribution is 5.96. The van der Waals surface area contributed by atoms with E-state index in [1.807, 2.05) is 17.0 Å². The lowest BCUT2D eigenvalue weighted by atomic mass is 10.1. The van der Waals surface area contributed by atoms with Gasteiger partial charge in [0.05, 0.1) is 0 Å². The van der Waals surface area contributed by atoms with E-state index < -0.39 is 0 Å². The molecule has 2 aliphatic heterocycles. The zero-order valence-electron chi connectivity index (χ0n) is 17.3. The van der Waals surface area contributed by atoms with Crippen LogP contribution in [0.5, 0.6) is 0 Å². The number of piperazine rings is 1. The second-order valence-corrected chi connectivity index (χ2v) is 8.15. The molecule has 0 N–H and O–H groups in total. The number of rotatable bonds is 6. The van der Waals surface area contributed by atoms with Crippen molar-refractivity contribution in [3.05, 3.63) is 71.8 Å². The Morgan fingerprint density at radius 2 is 1.66 bits per heavy atom. The van der Waals surface area contributed by atoms with Crippen molar-refractivity contribution in [1.82, 2.24) is 9.80 Å². The molecule has 0 bridgehead atoms. The lowest BCUT2D eigenvalue weighted by Crippen LogP contribution is -2.47. The van der Waals surface area contributed by atoms with Gasteiger partial charge < -0.3 is 9.80 Å². The molecule has 4 rings (SSSR count). The quantitative estimate of drug-likeness (QED) is 0.754. The molecular weight excluding hydrogens is 358 g/mol. The van der Waals surface area contributed by atoms with Gasteiger partial charge in [0, 0.05) is 57.4 Å². The normalized spacial score (nSPS) is 20.3. The van der Waals surface area contributed by atoms with Gasteiger partial charge in [-0.05, 0) is 30.5 Å². The summed E-state index contributed by atoms with van der Waals surface area (Å²) < 4.78 is 0. The van der Waals surface area contributed by atoms with Crippen LogP contribution in [-0.4, -0.2) is 61.0 Å². The zero-order valence-corrected chi connectivity index (χ0v) is 17.3. The van der Waals surface area contributed by atoms with Crippen molar-refractivity contribution in [1.29, 1.82) is 0 Å². The van der Waals surface area contributed by atoms with Gasteiger partial charge in [-0.15, -0.1) is 0 Å². The first kappa shape index (κ1) is 19.9. The Labute approximate surface area is 174 Å². The fraction of sp³-hybridized carbons (Fsp3) is 0.400. The molecule has 1 atom stereocenters. The maximum atomic E-state index is 12.9. The zero-order chi connectivity index (χ0) is 20.1. The molecule has 4 heteroatoms. The minimum atomic E-state index is 0.260. The molecule has 152 valence electrons. The second-order valence-electron chi connectivity index (χ2n) is 8.15. The summed E-state index contributed by atoms with van der Waals surface area (Å²) in [4.78, 5) is 19.8. The number of carbonyl (C=O) groups is 1. The average molecular weight is 390 g/mol. The van der Waals surface area contributed by atoms with E-state index in [2.05, 4.69) is 71.3 Å². The minimum absolute atomic E-state index is 0.260. The number of anilines is 1. The largest absolute Gasteiger partial charge is 0.309 e. The number of fused-ring (bicyclic) bond motifs is 1. The van der Waals surface area contributed by atoms with Crippen LogP contribution < -0.4 is 4.90 Å². The average Bonchev–Trinajstić information content (AvgIpc) is 3.09. The van der Waals surface area contributed by atoms with Crippen molar-refractivity contribution in [3.63, 3.8) is 0 Å². The Balaban J connectivity index is 1.20. The maximum absolute atomic E-state index is 12.9. The Morgan fingerprint density at radius 1 is 0.966 bits per heavy atom. The predicted molar refractivity (Wildman–Crippen MR) is 120 cm³/mol. The van der Waals surface area contributed by atoms with Crippen LogP contribution in [0, 0.1) is 0 Å². The van der Waals surface area contributed by atoms with E-state index in [4.69, 9.17) is 0 Å². The SMILES string of the molecule is CC1Cc2ccccc2N1C(=O)CCN1CCN(C/C=C/c2ccccc2)CC1. The van der Waals surface area contributed by atoms with Crippen molar-refractivity contribution >= 4 is 17.7 Å². The summed E-state index contributed by atoms with van der Waals surface area (Å²) in [6.45, 7) is 8.21. The third-order valence-corrected chi connectivity index (χ3v) is 6.06. The van der Waals surface area contributed by atoms with Crippen molar-refractivity contribution in [2.45, 2.75) is 25.8 Å². The molecule has 0 aromatic heterocycles. The fourth-order valence-electron chi connectivity index (χ4n) is 4.42. The van der Waals surface area contributed by atoms with E-state index in [0.29, 0.717) is 6.42 Å². The van der Waals surface area contributed by atoms with Crippen LogP contribution in [0.25, 0.3) is 6.08 Å². The molecule has 0 saturated carbocycles. The lowest BCUT2D eigenvalue weighted by Gasteiger charge is -2.34. The Morgan fingerprint density at radius 3 is 2.45 bits per heavy atom. The summed E-state index contributed by atoms with van der Waals surface area (Å²) in [6, 6.07) is 19.0. The monoisotopic (exact) mass is 389 g/mol. The predicted octanol–water partition coefficient (Wildman–Crippen LogP) is 3.69. The van der Waals surface area contributed by atoms with Gasteiger partial charge in [0.25, 0.3) is 0 Å². The summed E-state index contributed by atoms with van der Waals surface area (Å²) in [7, 11) is 0. The van der Waals surface area contributed by atoms with Crippen molar-refractivity contribution in [3.8, 4) is 0 Å². The molecule has 29 heavy (non-hydrogen) atoms. The van der Waals surface area contributed by atoms with Gasteiger partial charge in [0.1, 0.15) is 0 Å². The molecule has 2 aromatic carbocycles. The van der Waals surface area contributed by atoms with E-state index in [-0.39, 0.29) is 11.9 Å². The van der Waals surface area contributed by atoms with Crippen LogP contribution in [0.15, 0.2) is 60.7 Å².